The first-order chi connectivity index (χ1) is 15.8. The van der Waals surface area contributed by atoms with Crippen molar-refractivity contribution < 1.29 is 23.1 Å². The molecule has 0 aliphatic carbocycles. The van der Waals surface area contributed by atoms with Crippen LogP contribution in [0.1, 0.15) is 18.9 Å². The number of nitrogens with zero attached hydrogens (tertiary/aromatic N) is 3. The van der Waals surface area contributed by atoms with Crippen LogP contribution < -0.4 is 4.74 Å². The second kappa shape index (κ2) is 9.54. The molecular weight excluding hydrogens is 482 g/mol. The molecule has 1 aromatic carbocycles. The van der Waals surface area contributed by atoms with E-state index in [4.69, 9.17) is 9.84 Å². The number of hydrogen-bond donors (Lipinski definition) is 1. The normalized spacial score (nSPS) is 11.7. The second-order valence-corrected chi connectivity index (χ2v) is 10.9. The number of carbonyl (C=O) groups is 1. The average molecular weight is 504 g/mol. The van der Waals surface area contributed by atoms with Gasteiger partial charge in [0.1, 0.15) is 9.96 Å². The number of fused-ring (bicyclic) bond motifs is 1. The average Bonchev–Trinajstić information content (AvgIpc) is 3.44. The number of benzene rings is 1. The van der Waals surface area contributed by atoms with Gasteiger partial charge in [0, 0.05) is 24.2 Å². The van der Waals surface area contributed by atoms with E-state index in [9.17, 15) is 13.2 Å². The fourth-order valence-corrected chi connectivity index (χ4v) is 6.52. The predicted molar refractivity (Wildman–Crippen MR) is 129 cm³/mol. The fraction of sp³-hybridized carbons (Fsp3) is 0.227. The Hall–Kier alpha value is -2.89. The van der Waals surface area contributed by atoms with E-state index in [-0.39, 0.29) is 17.1 Å². The number of aliphatic carboxylic acids is 1. The maximum Gasteiger partial charge on any atom is 0.303 e. The number of carboxylic acids is 1. The molecule has 0 spiro atoms. The van der Waals surface area contributed by atoms with Crippen LogP contribution in [-0.4, -0.2) is 46.3 Å². The predicted octanol–water partition coefficient (Wildman–Crippen LogP) is 4.53. The molecule has 11 heteroatoms. The quantitative estimate of drug-likeness (QED) is 0.262. The minimum Gasteiger partial charge on any atom is -0.494 e. The van der Waals surface area contributed by atoms with Gasteiger partial charge in [0.05, 0.1) is 22.7 Å². The molecular formula is C22H21N3O5S3. The van der Waals surface area contributed by atoms with Crippen LogP contribution in [-0.2, 0) is 21.2 Å². The Morgan fingerprint density at radius 3 is 2.79 bits per heavy atom. The van der Waals surface area contributed by atoms with Crippen molar-refractivity contribution in [3.8, 4) is 16.3 Å². The van der Waals surface area contributed by atoms with Gasteiger partial charge in [0.15, 0.2) is 5.16 Å². The van der Waals surface area contributed by atoms with Crippen molar-refractivity contribution in [1.29, 1.82) is 0 Å². The summed E-state index contributed by atoms with van der Waals surface area (Å²) in [6.07, 6.45) is 5.13. The standard InChI is InChI=1S/C22H21N3O5S3/c1-3-30-15-5-6-18-16(12-15)14(4-8-20(26)27)13-25(18)33(28,29)21-9-7-19(32-21)17-10-11-23-22(24-17)31-2/h5-7,9-13H,3-4,8H2,1-2H3,(H,26,27). The monoisotopic (exact) mass is 503 g/mol. The number of thioether (sulfide) groups is 1. The number of aromatic nitrogens is 3. The van der Waals surface area contributed by atoms with Crippen LogP contribution in [0.15, 0.2) is 58.2 Å². The molecule has 0 radical (unpaired) electrons. The molecule has 0 bridgehead atoms. The van der Waals surface area contributed by atoms with E-state index in [0.717, 1.165) is 11.3 Å². The van der Waals surface area contributed by atoms with Gasteiger partial charge in [-0.3, -0.25) is 4.79 Å². The van der Waals surface area contributed by atoms with E-state index < -0.39 is 16.0 Å². The lowest BCUT2D eigenvalue weighted by molar-refractivity contribution is -0.136. The Bertz CT molecular complexity index is 1430. The number of rotatable bonds is 9. The summed E-state index contributed by atoms with van der Waals surface area (Å²) < 4.78 is 34.1. The highest BCUT2D eigenvalue weighted by molar-refractivity contribution is 7.98. The van der Waals surface area contributed by atoms with Crippen LogP contribution in [0.5, 0.6) is 5.75 Å². The van der Waals surface area contributed by atoms with Gasteiger partial charge in [-0.15, -0.1) is 11.3 Å². The van der Waals surface area contributed by atoms with Crippen molar-refractivity contribution >= 4 is 50.0 Å². The van der Waals surface area contributed by atoms with Crippen molar-refractivity contribution in [2.45, 2.75) is 29.1 Å². The first-order valence-corrected chi connectivity index (χ1v) is 13.5. The summed E-state index contributed by atoms with van der Waals surface area (Å²) in [5.74, 6) is -0.347. The maximum atomic E-state index is 13.6. The molecule has 0 saturated heterocycles. The third-order valence-corrected chi connectivity index (χ3v) is 8.72. The van der Waals surface area contributed by atoms with Gasteiger partial charge in [-0.25, -0.2) is 13.9 Å². The van der Waals surface area contributed by atoms with Crippen molar-refractivity contribution in [3.05, 3.63) is 54.4 Å². The minimum absolute atomic E-state index is 0.105. The Morgan fingerprint density at radius 1 is 1.24 bits per heavy atom. The number of ether oxygens (including phenoxy) is 1. The minimum atomic E-state index is -3.91. The molecule has 0 aliphatic rings. The van der Waals surface area contributed by atoms with Gasteiger partial charge >= 0.3 is 5.97 Å². The van der Waals surface area contributed by atoms with E-state index >= 15 is 0 Å². The highest BCUT2D eigenvalue weighted by Crippen LogP contribution is 2.34. The van der Waals surface area contributed by atoms with E-state index in [2.05, 4.69) is 9.97 Å². The van der Waals surface area contributed by atoms with Crippen LogP contribution in [0.3, 0.4) is 0 Å². The third-order valence-electron chi connectivity index (χ3n) is 4.91. The largest absolute Gasteiger partial charge is 0.494 e. The van der Waals surface area contributed by atoms with Gasteiger partial charge in [-0.05, 0) is 61.6 Å². The van der Waals surface area contributed by atoms with E-state index in [1.54, 1.807) is 42.6 Å². The van der Waals surface area contributed by atoms with Gasteiger partial charge in [-0.2, -0.15) is 8.42 Å². The van der Waals surface area contributed by atoms with Crippen LogP contribution in [0.4, 0.5) is 0 Å². The smallest absolute Gasteiger partial charge is 0.303 e. The van der Waals surface area contributed by atoms with Crippen LogP contribution in [0.25, 0.3) is 21.5 Å². The van der Waals surface area contributed by atoms with Crippen molar-refractivity contribution in [1.82, 2.24) is 13.9 Å². The molecule has 0 unspecified atom stereocenters. The van der Waals surface area contributed by atoms with E-state index in [0.29, 0.717) is 44.6 Å². The van der Waals surface area contributed by atoms with E-state index in [1.807, 2.05) is 13.2 Å². The molecule has 0 amide bonds. The first-order valence-electron chi connectivity index (χ1n) is 10.0. The summed E-state index contributed by atoms with van der Waals surface area (Å²) in [6.45, 7) is 2.33. The number of hydrogen-bond acceptors (Lipinski definition) is 8. The van der Waals surface area contributed by atoms with Crippen molar-refractivity contribution in [3.63, 3.8) is 0 Å². The lowest BCUT2D eigenvalue weighted by Gasteiger charge is -2.07. The molecule has 4 aromatic rings. The molecule has 8 nitrogen and oxygen atoms in total. The summed E-state index contributed by atoms with van der Waals surface area (Å²) >= 11 is 2.54. The molecule has 0 fully saturated rings. The molecule has 172 valence electrons. The summed E-state index contributed by atoms with van der Waals surface area (Å²) in [4.78, 5) is 20.4. The lowest BCUT2D eigenvalue weighted by Crippen LogP contribution is -2.10. The molecule has 0 saturated carbocycles. The molecule has 33 heavy (non-hydrogen) atoms. The molecule has 3 heterocycles. The zero-order valence-corrected chi connectivity index (χ0v) is 20.3. The number of aryl methyl sites for hydroxylation is 1. The summed E-state index contributed by atoms with van der Waals surface area (Å²) in [7, 11) is -3.91. The molecule has 1 N–H and O–H groups in total. The van der Waals surface area contributed by atoms with Crippen LogP contribution >= 0.6 is 23.1 Å². The summed E-state index contributed by atoms with van der Waals surface area (Å²) in [5.41, 5.74) is 1.76. The van der Waals surface area contributed by atoms with Crippen molar-refractivity contribution in [2.75, 3.05) is 12.9 Å². The van der Waals surface area contributed by atoms with Crippen molar-refractivity contribution in [2.24, 2.45) is 0 Å². The molecule has 0 aliphatic heterocycles. The topological polar surface area (TPSA) is 111 Å². The Morgan fingerprint density at radius 2 is 2.06 bits per heavy atom. The molecule has 0 atom stereocenters. The number of carboxylic acid groups (broad SMARTS) is 1. The Kier molecular flexibility index (Phi) is 6.73. The van der Waals surface area contributed by atoms with Gasteiger partial charge in [0.2, 0.25) is 0 Å². The lowest BCUT2D eigenvalue weighted by atomic mass is 10.1. The zero-order valence-electron chi connectivity index (χ0n) is 17.9. The maximum absolute atomic E-state index is 13.6. The van der Waals surface area contributed by atoms with Gasteiger partial charge in [-0.1, -0.05) is 11.8 Å². The summed E-state index contributed by atoms with van der Waals surface area (Å²) in [5, 5.41) is 10.4. The van der Waals surface area contributed by atoms with Gasteiger partial charge < -0.3 is 9.84 Å². The second-order valence-electron chi connectivity index (χ2n) is 7.01. The Labute approximate surface area is 199 Å². The number of thiophene rings is 1. The van der Waals surface area contributed by atoms with Gasteiger partial charge in [0.25, 0.3) is 10.0 Å². The summed E-state index contributed by atoms with van der Waals surface area (Å²) in [6, 6.07) is 10.2. The highest BCUT2D eigenvalue weighted by atomic mass is 32.2. The van der Waals surface area contributed by atoms with Crippen LogP contribution in [0.2, 0.25) is 0 Å². The third kappa shape index (κ3) is 4.75. The molecule has 4 rings (SSSR count). The zero-order chi connectivity index (χ0) is 23.6. The first kappa shape index (κ1) is 23.3. The SMILES string of the molecule is CCOc1ccc2c(c1)c(CCC(=O)O)cn2S(=O)(=O)c1ccc(-c2ccnc(SC)n2)s1. The molecule has 3 aromatic heterocycles. The van der Waals surface area contributed by atoms with E-state index in [1.165, 1.54) is 21.9 Å². The fourth-order valence-electron chi connectivity index (χ4n) is 3.41. The highest BCUT2D eigenvalue weighted by Gasteiger charge is 2.24. The Balaban J connectivity index is 1.78. The van der Waals surface area contributed by atoms with Crippen LogP contribution in [0, 0.1) is 0 Å².